The highest BCUT2D eigenvalue weighted by atomic mass is 19.1. The summed E-state index contributed by atoms with van der Waals surface area (Å²) < 4.78 is 20.7. The molecular formula is C21H16FN5O. The number of hydrogen-bond donors (Lipinski definition) is 1. The normalized spacial score (nSPS) is 11.5. The summed E-state index contributed by atoms with van der Waals surface area (Å²) in [5.41, 5.74) is 10.00. The quantitative estimate of drug-likeness (QED) is 0.509. The van der Waals surface area contributed by atoms with Gasteiger partial charge in [0.15, 0.2) is 11.6 Å². The molecule has 0 unspecified atom stereocenters. The number of aryl methyl sites for hydroxylation is 1. The summed E-state index contributed by atoms with van der Waals surface area (Å²) in [6, 6.07) is 15.8. The van der Waals surface area contributed by atoms with Crippen molar-refractivity contribution in [1.29, 1.82) is 0 Å². The Morgan fingerprint density at radius 3 is 2.68 bits per heavy atom. The standard InChI is InChI=1S/C21H16FN5O/c1-12-24-19-20(16-4-2-3-5-17(16)25-21(19)23)27(12)11-15-10-18(26-28-15)13-6-8-14(22)9-7-13/h2-10H,11H2,1H3,(H2,23,25). The summed E-state index contributed by atoms with van der Waals surface area (Å²) in [4.78, 5) is 9.06. The van der Waals surface area contributed by atoms with Gasteiger partial charge in [-0.25, -0.2) is 14.4 Å². The second-order valence-corrected chi connectivity index (χ2v) is 6.64. The molecule has 0 amide bonds. The number of aromatic nitrogens is 4. The maximum absolute atomic E-state index is 13.1. The Morgan fingerprint density at radius 1 is 1.07 bits per heavy atom. The van der Waals surface area contributed by atoms with Crippen molar-refractivity contribution in [3.8, 4) is 11.3 Å². The van der Waals surface area contributed by atoms with Crippen molar-refractivity contribution >= 4 is 27.8 Å². The number of hydrogen-bond acceptors (Lipinski definition) is 5. The summed E-state index contributed by atoms with van der Waals surface area (Å²) in [7, 11) is 0. The van der Waals surface area contributed by atoms with Crippen LogP contribution in [0.4, 0.5) is 10.2 Å². The van der Waals surface area contributed by atoms with E-state index in [1.54, 1.807) is 12.1 Å². The average molecular weight is 373 g/mol. The first-order chi connectivity index (χ1) is 13.6. The maximum Gasteiger partial charge on any atom is 0.157 e. The summed E-state index contributed by atoms with van der Waals surface area (Å²) in [6.07, 6.45) is 0. The molecule has 0 bridgehead atoms. The second kappa shape index (κ2) is 6.16. The van der Waals surface area contributed by atoms with E-state index < -0.39 is 0 Å². The Morgan fingerprint density at radius 2 is 1.86 bits per heavy atom. The van der Waals surface area contributed by atoms with Crippen LogP contribution in [0.2, 0.25) is 0 Å². The topological polar surface area (TPSA) is 82.8 Å². The Balaban J connectivity index is 1.61. The Labute approximate surface area is 159 Å². The van der Waals surface area contributed by atoms with Crippen molar-refractivity contribution in [3.63, 3.8) is 0 Å². The molecule has 5 aromatic rings. The molecule has 0 fully saturated rings. The Kier molecular flexibility index (Phi) is 3.61. The molecule has 3 heterocycles. The van der Waals surface area contributed by atoms with Gasteiger partial charge in [-0.15, -0.1) is 0 Å². The molecule has 0 saturated heterocycles. The third-order valence-electron chi connectivity index (χ3n) is 4.81. The second-order valence-electron chi connectivity index (χ2n) is 6.64. The highest BCUT2D eigenvalue weighted by molar-refractivity contribution is 6.06. The van der Waals surface area contributed by atoms with E-state index in [0.29, 0.717) is 29.3 Å². The lowest BCUT2D eigenvalue weighted by Gasteiger charge is -2.07. The minimum absolute atomic E-state index is 0.286. The zero-order valence-corrected chi connectivity index (χ0v) is 15.1. The van der Waals surface area contributed by atoms with Crippen molar-refractivity contribution in [2.75, 3.05) is 5.73 Å². The number of rotatable bonds is 3. The summed E-state index contributed by atoms with van der Waals surface area (Å²) in [5, 5.41) is 5.10. The summed E-state index contributed by atoms with van der Waals surface area (Å²) >= 11 is 0. The van der Waals surface area contributed by atoms with Crippen LogP contribution in [0.3, 0.4) is 0 Å². The predicted molar refractivity (Wildman–Crippen MR) is 105 cm³/mol. The minimum atomic E-state index is -0.286. The molecule has 3 aromatic heterocycles. The van der Waals surface area contributed by atoms with Crippen LogP contribution in [-0.2, 0) is 6.54 Å². The number of nitrogen functional groups attached to an aromatic ring is 1. The van der Waals surface area contributed by atoms with Gasteiger partial charge in [0.05, 0.1) is 17.6 Å². The summed E-state index contributed by atoms with van der Waals surface area (Å²) in [6.45, 7) is 2.37. The van der Waals surface area contributed by atoms with Crippen LogP contribution in [-0.4, -0.2) is 19.7 Å². The largest absolute Gasteiger partial charge is 0.382 e. The number of benzene rings is 2. The van der Waals surface area contributed by atoms with Crippen molar-refractivity contribution in [2.24, 2.45) is 0 Å². The smallest absolute Gasteiger partial charge is 0.157 e. The van der Waals surface area contributed by atoms with Crippen molar-refractivity contribution in [2.45, 2.75) is 13.5 Å². The molecule has 2 aromatic carbocycles. The van der Waals surface area contributed by atoms with Crippen molar-refractivity contribution < 1.29 is 8.91 Å². The molecule has 0 aliphatic heterocycles. The molecule has 0 radical (unpaired) electrons. The number of halogens is 1. The van der Waals surface area contributed by atoms with Crippen LogP contribution in [0, 0.1) is 12.7 Å². The number of fused-ring (bicyclic) bond motifs is 3. The first kappa shape index (κ1) is 16.4. The number of pyridine rings is 1. The number of para-hydroxylation sites is 1. The molecular weight excluding hydrogens is 357 g/mol. The molecule has 0 aliphatic carbocycles. The van der Waals surface area contributed by atoms with E-state index in [4.69, 9.17) is 10.3 Å². The SMILES string of the molecule is Cc1nc2c(N)nc3ccccc3c2n1Cc1cc(-c2ccc(F)cc2)no1. The lowest BCUT2D eigenvalue weighted by molar-refractivity contribution is 0.378. The van der Waals surface area contributed by atoms with Gasteiger partial charge in [0, 0.05) is 17.0 Å². The zero-order valence-electron chi connectivity index (χ0n) is 15.1. The molecule has 138 valence electrons. The van der Waals surface area contributed by atoms with Crippen LogP contribution < -0.4 is 5.73 Å². The lowest BCUT2D eigenvalue weighted by Crippen LogP contribution is -2.02. The van der Waals surface area contributed by atoms with E-state index in [1.165, 1.54) is 12.1 Å². The van der Waals surface area contributed by atoms with Gasteiger partial charge in [-0.1, -0.05) is 23.4 Å². The van der Waals surface area contributed by atoms with Crippen LogP contribution in [0.25, 0.3) is 33.2 Å². The number of nitrogens with two attached hydrogens (primary N) is 1. The van der Waals surface area contributed by atoms with Crippen molar-refractivity contribution in [3.05, 3.63) is 72.0 Å². The van der Waals surface area contributed by atoms with Gasteiger partial charge in [0.25, 0.3) is 0 Å². The maximum atomic E-state index is 13.1. The molecule has 0 aliphatic rings. The van der Waals surface area contributed by atoms with Gasteiger partial charge in [-0.05, 0) is 37.3 Å². The molecule has 2 N–H and O–H groups in total. The zero-order chi connectivity index (χ0) is 19.3. The first-order valence-corrected chi connectivity index (χ1v) is 8.83. The first-order valence-electron chi connectivity index (χ1n) is 8.83. The van der Waals surface area contributed by atoms with Crippen molar-refractivity contribution in [1.82, 2.24) is 19.7 Å². The summed E-state index contributed by atoms with van der Waals surface area (Å²) in [5.74, 6) is 1.59. The third-order valence-corrected chi connectivity index (χ3v) is 4.81. The number of anilines is 1. The van der Waals surface area contributed by atoms with E-state index in [2.05, 4.69) is 15.1 Å². The third kappa shape index (κ3) is 2.60. The molecule has 0 atom stereocenters. The Bertz CT molecular complexity index is 1320. The fourth-order valence-corrected chi connectivity index (χ4v) is 3.46. The van der Waals surface area contributed by atoms with E-state index >= 15 is 0 Å². The van der Waals surface area contributed by atoms with Gasteiger partial charge in [-0.3, -0.25) is 0 Å². The monoisotopic (exact) mass is 373 g/mol. The van der Waals surface area contributed by atoms with Gasteiger partial charge in [0.2, 0.25) is 0 Å². The lowest BCUT2D eigenvalue weighted by atomic mass is 10.1. The fourth-order valence-electron chi connectivity index (χ4n) is 3.46. The molecule has 28 heavy (non-hydrogen) atoms. The average Bonchev–Trinajstić information content (AvgIpc) is 3.29. The van der Waals surface area contributed by atoms with E-state index in [9.17, 15) is 4.39 Å². The highest BCUT2D eigenvalue weighted by Gasteiger charge is 2.17. The van der Waals surface area contributed by atoms with Crippen LogP contribution in [0.5, 0.6) is 0 Å². The van der Waals surface area contributed by atoms with Gasteiger partial charge in [0.1, 0.15) is 22.9 Å². The van der Waals surface area contributed by atoms with Gasteiger partial charge < -0.3 is 14.8 Å². The van der Waals surface area contributed by atoms with E-state index in [0.717, 1.165) is 27.8 Å². The molecule has 0 spiro atoms. The molecule has 6 nitrogen and oxygen atoms in total. The predicted octanol–water partition coefficient (Wildman–Crippen LogP) is 4.32. The fraction of sp³-hybridized carbons (Fsp3) is 0.0952. The molecule has 7 heteroatoms. The van der Waals surface area contributed by atoms with E-state index in [1.807, 2.05) is 41.8 Å². The molecule has 5 rings (SSSR count). The van der Waals surface area contributed by atoms with Gasteiger partial charge in [-0.2, -0.15) is 0 Å². The number of nitrogens with zero attached hydrogens (tertiary/aromatic N) is 4. The highest BCUT2D eigenvalue weighted by Crippen LogP contribution is 2.29. The minimum Gasteiger partial charge on any atom is -0.382 e. The van der Waals surface area contributed by atoms with E-state index in [-0.39, 0.29) is 5.82 Å². The van der Waals surface area contributed by atoms with Crippen LogP contribution >= 0.6 is 0 Å². The molecule has 0 saturated carbocycles. The number of imidazole rings is 1. The van der Waals surface area contributed by atoms with Gasteiger partial charge >= 0.3 is 0 Å². The van der Waals surface area contributed by atoms with Crippen LogP contribution in [0.15, 0.2) is 59.1 Å². The van der Waals surface area contributed by atoms with Crippen LogP contribution in [0.1, 0.15) is 11.6 Å². The Hall–Kier alpha value is -3.74.